The number of nitrogens with one attached hydrogen (secondary N) is 1. The van der Waals surface area contributed by atoms with E-state index in [2.05, 4.69) is 22.1 Å². The summed E-state index contributed by atoms with van der Waals surface area (Å²) < 4.78 is 5.05. The van der Waals surface area contributed by atoms with Gasteiger partial charge >= 0.3 is 6.09 Å². The van der Waals surface area contributed by atoms with Crippen LogP contribution < -0.4 is 10.2 Å². The first-order valence-corrected chi connectivity index (χ1v) is 9.63. The van der Waals surface area contributed by atoms with Gasteiger partial charge in [-0.1, -0.05) is 25.1 Å². The molecule has 0 spiro atoms. The number of ether oxygens (including phenoxy) is 1. The van der Waals surface area contributed by atoms with Crippen molar-refractivity contribution in [1.82, 2.24) is 9.88 Å². The van der Waals surface area contributed by atoms with Crippen molar-refractivity contribution in [3.8, 4) is 0 Å². The molecule has 7 heteroatoms. The fourth-order valence-electron chi connectivity index (χ4n) is 3.23. The number of aryl methyl sites for hydroxylation is 1. The summed E-state index contributed by atoms with van der Waals surface area (Å²) in [5, 5.41) is 2.98. The Morgan fingerprint density at radius 2 is 1.86 bits per heavy atom. The Bertz CT molecular complexity index is 832. The van der Waals surface area contributed by atoms with Gasteiger partial charge in [-0.05, 0) is 31.0 Å². The zero-order valence-electron chi connectivity index (χ0n) is 16.4. The van der Waals surface area contributed by atoms with Crippen LogP contribution in [0.15, 0.2) is 42.7 Å². The maximum atomic E-state index is 12.7. The van der Waals surface area contributed by atoms with E-state index in [1.165, 1.54) is 0 Å². The van der Waals surface area contributed by atoms with Gasteiger partial charge in [0.05, 0.1) is 24.1 Å². The number of pyridine rings is 1. The van der Waals surface area contributed by atoms with E-state index >= 15 is 0 Å². The van der Waals surface area contributed by atoms with E-state index in [1.807, 2.05) is 30.3 Å². The summed E-state index contributed by atoms with van der Waals surface area (Å²) in [4.78, 5) is 32.6. The minimum Gasteiger partial charge on any atom is -0.450 e. The SMILES string of the molecule is CCOC(=O)N1CCN(c2cncc(C(=O)Nc3ccccc3CC)c2)CC1. The molecule has 1 saturated heterocycles. The quantitative estimate of drug-likeness (QED) is 0.860. The van der Waals surface area contributed by atoms with Gasteiger partial charge in [0.25, 0.3) is 5.91 Å². The highest BCUT2D eigenvalue weighted by Gasteiger charge is 2.22. The largest absolute Gasteiger partial charge is 0.450 e. The Labute approximate surface area is 165 Å². The number of carbonyl (C=O) groups is 2. The zero-order valence-corrected chi connectivity index (χ0v) is 16.4. The van der Waals surface area contributed by atoms with E-state index in [1.54, 1.807) is 24.2 Å². The average molecular weight is 382 g/mol. The van der Waals surface area contributed by atoms with Crippen molar-refractivity contribution < 1.29 is 14.3 Å². The van der Waals surface area contributed by atoms with Gasteiger partial charge in [-0.2, -0.15) is 0 Å². The van der Waals surface area contributed by atoms with Crippen molar-refractivity contribution in [2.24, 2.45) is 0 Å². The maximum absolute atomic E-state index is 12.7. The summed E-state index contributed by atoms with van der Waals surface area (Å²) in [6.45, 7) is 6.74. The zero-order chi connectivity index (χ0) is 19.9. The van der Waals surface area contributed by atoms with Crippen LogP contribution in [-0.4, -0.2) is 54.7 Å². The molecule has 0 atom stereocenters. The molecule has 0 radical (unpaired) electrons. The van der Waals surface area contributed by atoms with Crippen LogP contribution in [0.5, 0.6) is 0 Å². The molecule has 1 aliphatic heterocycles. The molecule has 148 valence electrons. The van der Waals surface area contributed by atoms with Crippen molar-refractivity contribution in [1.29, 1.82) is 0 Å². The number of piperazine rings is 1. The van der Waals surface area contributed by atoms with Crippen molar-refractivity contribution in [2.45, 2.75) is 20.3 Å². The van der Waals surface area contributed by atoms with Crippen LogP contribution in [0.2, 0.25) is 0 Å². The molecular formula is C21H26N4O3. The van der Waals surface area contributed by atoms with Gasteiger partial charge in [0, 0.05) is 38.1 Å². The Kier molecular flexibility index (Phi) is 6.47. The molecule has 1 aromatic carbocycles. The standard InChI is InChI=1S/C21H26N4O3/c1-3-16-7-5-6-8-19(16)23-20(26)17-13-18(15-22-14-17)24-9-11-25(12-10-24)21(27)28-4-2/h5-8,13-15H,3-4,9-12H2,1-2H3,(H,23,26). The molecule has 1 aliphatic rings. The number of carbonyl (C=O) groups excluding carboxylic acids is 2. The Morgan fingerprint density at radius 3 is 2.57 bits per heavy atom. The molecule has 0 aliphatic carbocycles. The van der Waals surface area contributed by atoms with E-state index in [4.69, 9.17) is 4.74 Å². The molecule has 0 saturated carbocycles. The molecule has 1 N–H and O–H groups in total. The second-order valence-electron chi connectivity index (χ2n) is 6.57. The second kappa shape index (κ2) is 9.21. The predicted octanol–water partition coefficient (Wildman–Crippen LogP) is 3.17. The number of para-hydroxylation sites is 1. The number of hydrogen-bond acceptors (Lipinski definition) is 5. The van der Waals surface area contributed by atoms with Crippen molar-refractivity contribution in [2.75, 3.05) is 43.0 Å². The number of benzene rings is 1. The van der Waals surface area contributed by atoms with Gasteiger partial charge in [-0.25, -0.2) is 4.79 Å². The van der Waals surface area contributed by atoms with E-state index in [-0.39, 0.29) is 12.0 Å². The van der Waals surface area contributed by atoms with Crippen LogP contribution in [0.4, 0.5) is 16.2 Å². The summed E-state index contributed by atoms with van der Waals surface area (Å²) in [7, 11) is 0. The topological polar surface area (TPSA) is 74.8 Å². The molecule has 28 heavy (non-hydrogen) atoms. The van der Waals surface area contributed by atoms with Crippen LogP contribution in [0.1, 0.15) is 29.8 Å². The van der Waals surface area contributed by atoms with E-state index in [0.717, 1.165) is 23.4 Å². The number of aromatic nitrogens is 1. The van der Waals surface area contributed by atoms with Crippen molar-refractivity contribution >= 4 is 23.4 Å². The first-order chi connectivity index (χ1) is 13.6. The fraction of sp³-hybridized carbons (Fsp3) is 0.381. The van der Waals surface area contributed by atoms with Crippen LogP contribution in [0.3, 0.4) is 0 Å². The van der Waals surface area contributed by atoms with Gasteiger partial charge in [-0.3, -0.25) is 9.78 Å². The molecule has 1 aromatic heterocycles. The molecule has 2 heterocycles. The third-order valence-electron chi connectivity index (χ3n) is 4.80. The van der Waals surface area contributed by atoms with Crippen LogP contribution in [0.25, 0.3) is 0 Å². The van der Waals surface area contributed by atoms with Crippen molar-refractivity contribution in [3.05, 3.63) is 53.9 Å². The Hall–Kier alpha value is -3.09. The third kappa shape index (κ3) is 4.60. The molecule has 3 rings (SSSR count). The minimum absolute atomic E-state index is 0.180. The predicted molar refractivity (Wildman–Crippen MR) is 109 cm³/mol. The van der Waals surface area contributed by atoms with Crippen LogP contribution >= 0.6 is 0 Å². The van der Waals surface area contributed by atoms with E-state index in [0.29, 0.717) is 38.3 Å². The number of nitrogens with zero attached hydrogens (tertiary/aromatic N) is 3. The fourth-order valence-corrected chi connectivity index (χ4v) is 3.23. The lowest BCUT2D eigenvalue weighted by molar-refractivity contribution is 0.102. The van der Waals surface area contributed by atoms with Crippen molar-refractivity contribution in [3.63, 3.8) is 0 Å². The van der Waals surface area contributed by atoms with Gasteiger partial charge in [-0.15, -0.1) is 0 Å². The minimum atomic E-state index is -0.275. The highest BCUT2D eigenvalue weighted by molar-refractivity contribution is 6.05. The number of rotatable bonds is 5. The molecular weight excluding hydrogens is 356 g/mol. The summed E-state index contributed by atoms with van der Waals surface area (Å²) in [5.41, 5.74) is 3.30. The first-order valence-electron chi connectivity index (χ1n) is 9.63. The highest BCUT2D eigenvalue weighted by Crippen LogP contribution is 2.20. The van der Waals surface area contributed by atoms with Gasteiger partial charge in [0.15, 0.2) is 0 Å². The molecule has 1 fully saturated rings. The second-order valence-corrected chi connectivity index (χ2v) is 6.57. The third-order valence-corrected chi connectivity index (χ3v) is 4.80. The molecule has 7 nitrogen and oxygen atoms in total. The lowest BCUT2D eigenvalue weighted by Crippen LogP contribution is -2.49. The smallest absolute Gasteiger partial charge is 0.409 e. The maximum Gasteiger partial charge on any atom is 0.409 e. The lowest BCUT2D eigenvalue weighted by Gasteiger charge is -2.35. The Balaban J connectivity index is 1.66. The summed E-state index contributed by atoms with van der Waals surface area (Å²) >= 11 is 0. The number of amides is 2. The summed E-state index contributed by atoms with van der Waals surface area (Å²) in [5.74, 6) is -0.180. The molecule has 2 aromatic rings. The lowest BCUT2D eigenvalue weighted by atomic mass is 10.1. The number of hydrogen-bond donors (Lipinski definition) is 1. The monoisotopic (exact) mass is 382 g/mol. The van der Waals surface area contributed by atoms with E-state index in [9.17, 15) is 9.59 Å². The Morgan fingerprint density at radius 1 is 1.11 bits per heavy atom. The van der Waals surface area contributed by atoms with E-state index < -0.39 is 0 Å². The van der Waals surface area contributed by atoms with Crippen LogP contribution in [0, 0.1) is 0 Å². The molecule has 0 unspecified atom stereocenters. The summed E-state index contributed by atoms with van der Waals surface area (Å²) in [6, 6.07) is 9.63. The van der Waals surface area contributed by atoms with Crippen LogP contribution in [-0.2, 0) is 11.2 Å². The normalized spacial score (nSPS) is 13.9. The molecule has 2 amide bonds. The highest BCUT2D eigenvalue weighted by atomic mass is 16.6. The number of anilines is 2. The first kappa shape index (κ1) is 19.7. The van der Waals surface area contributed by atoms with Gasteiger partial charge in [0.2, 0.25) is 0 Å². The molecule has 0 bridgehead atoms. The van der Waals surface area contributed by atoms with Gasteiger partial charge in [0.1, 0.15) is 0 Å². The average Bonchev–Trinajstić information content (AvgIpc) is 2.74. The van der Waals surface area contributed by atoms with Gasteiger partial charge < -0.3 is 19.9 Å². The summed E-state index contributed by atoms with van der Waals surface area (Å²) in [6.07, 6.45) is 3.89.